The molecule has 0 aliphatic carbocycles. The Bertz CT molecular complexity index is 673. The topological polar surface area (TPSA) is 80.9 Å². The van der Waals surface area contributed by atoms with Crippen molar-refractivity contribution in [3.05, 3.63) is 29.5 Å². The predicted octanol–water partition coefficient (Wildman–Crippen LogP) is 3.36. The molecule has 6 heteroatoms. The second kappa shape index (κ2) is 8.67. The summed E-state index contributed by atoms with van der Waals surface area (Å²) in [5.41, 5.74) is 8.70. The lowest BCUT2D eigenvalue weighted by atomic mass is 10.00. The van der Waals surface area contributed by atoms with E-state index in [2.05, 4.69) is 35.4 Å². The van der Waals surface area contributed by atoms with Crippen LogP contribution < -0.4 is 11.1 Å². The highest BCUT2D eigenvalue weighted by Gasteiger charge is 2.16. The van der Waals surface area contributed by atoms with Crippen molar-refractivity contribution in [1.82, 2.24) is 15.5 Å². The Labute approximate surface area is 143 Å². The van der Waals surface area contributed by atoms with E-state index in [0.29, 0.717) is 18.2 Å². The van der Waals surface area contributed by atoms with Crippen LogP contribution in [0.25, 0.3) is 10.9 Å². The molecule has 0 radical (unpaired) electrons. The first-order chi connectivity index (χ1) is 10.5. The summed E-state index contributed by atoms with van der Waals surface area (Å²) in [6, 6.07) is 5.91. The van der Waals surface area contributed by atoms with E-state index < -0.39 is 0 Å². The zero-order valence-electron chi connectivity index (χ0n) is 13.9. The molecule has 2 aromatic rings. The summed E-state index contributed by atoms with van der Waals surface area (Å²) in [5, 5.41) is 11.9. The summed E-state index contributed by atoms with van der Waals surface area (Å²) in [5.74, 6) is 0.362. The van der Waals surface area contributed by atoms with Gasteiger partial charge in [0.2, 0.25) is 0 Å². The normalized spacial score (nSPS) is 10.6. The molecule has 1 aromatic carbocycles. The standard InChI is InChI=1S/C17H24N4O.ClH/c1-4-10-19-17(22)16-14(18)13-7-5-6-12(9-8-11(2)3)15(13)20-21-16;/h5-7,11H,4,8-10H2,1-3H3,(H2,18,20)(H,19,22);1H. The van der Waals surface area contributed by atoms with Crippen molar-refractivity contribution < 1.29 is 4.79 Å². The van der Waals surface area contributed by atoms with Gasteiger partial charge in [-0.25, -0.2) is 0 Å². The Hall–Kier alpha value is -1.88. The maximum Gasteiger partial charge on any atom is 0.273 e. The van der Waals surface area contributed by atoms with Crippen LogP contribution in [-0.4, -0.2) is 22.6 Å². The number of rotatable bonds is 6. The molecule has 0 saturated carbocycles. The number of nitrogen functional groups attached to an aromatic ring is 1. The van der Waals surface area contributed by atoms with Crippen LogP contribution in [0.3, 0.4) is 0 Å². The lowest BCUT2D eigenvalue weighted by Gasteiger charge is -2.11. The molecular weight excluding hydrogens is 312 g/mol. The average Bonchev–Trinajstić information content (AvgIpc) is 2.51. The molecule has 0 fully saturated rings. The zero-order chi connectivity index (χ0) is 16.1. The Kier molecular flexibility index (Phi) is 7.23. The van der Waals surface area contributed by atoms with Crippen LogP contribution in [-0.2, 0) is 6.42 Å². The van der Waals surface area contributed by atoms with E-state index in [1.54, 1.807) is 0 Å². The molecule has 3 N–H and O–H groups in total. The minimum absolute atomic E-state index is 0. The minimum Gasteiger partial charge on any atom is -0.396 e. The molecule has 0 saturated heterocycles. The first-order valence-corrected chi connectivity index (χ1v) is 7.86. The van der Waals surface area contributed by atoms with Gasteiger partial charge >= 0.3 is 0 Å². The van der Waals surface area contributed by atoms with Crippen LogP contribution in [0.5, 0.6) is 0 Å². The second-order valence-corrected chi connectivity index (χ2v) is 5.96. The molecule has 1 heterocycles. The molecule has 0 aliphatic heterocycles. The average molecular weight is 337 g/mol. The number of carbonyl (C=O) groups excluding carboxylic acids is 1. The SMILES string of the molecule is CCCNC(=O)c1nnc2c(CCC(C)C)cccc2c1N.Cl. The minimum atomic E-state index is -0.263. The van der Waals surface area contributed by atoms with Gasteiger partial charge in [0.1, 0.15) is 0 Å². The van der Waals surface area contributed by atoms with E-state index in [1.165, 1.54) is 0 Å². The molecule has 1 aromatic heterocycles. The van der Waals surface area contributed by atoms with Gasteiger partial charge in [0.25, 0.3) is 5.91 Å². The summed E-state index contributed by atoms with van der Waals surface area (Å²) in [4.78, 5) is 12.1. The van der Waals surface area contributed by atoms with Gasteiger partial charge < -0.3 is 11.1 Å². The predicted molar refractivity (Wildman–Crippen MR) is 97.0 cm³/mol. The highest BCUT2D eigenvalue weighted by atomic mass is 35.5. The number of aromatic nitrogens is 2. The number of fused-ring (bicyclic) bond motifs is 1. The fraction of sp³-hybridized carbons (Fsp3) is 0.471. The number of amides is 1. The fourth-order valence-corrected chi connectivity index (χ4v) is 2.34. The molecule has 0 spiro atoms. The van der Waals surface area contributed by atoms with Crippen LogP contribution in [0.1, 0.15) is 49.7 Å². The van der Waals surface area contributed by atoms with E-state index in [-0.39, 0.29) is 24.0 Å². The molecule has 0 aliphatic rings. The Balaban J connectivity index is 0.00000264. The Morgan fingerprint density at radius 1 is 1.30 bits per heavy atom. The van der Waals surface area contributed by atoms with Crippen molar-refractivity contribution in [3.8, 4) is 0 Å². The monoisotopic (exact) mass is 336 g/mol. The van der Waals surface area contributed by atoms with Crippen LogP contribution in [0, 0.1) is 5.92 Å². The van der Waals surface area contributed by atoms with Gasteiger partial charge in [-0.15, -0.1) is 22.6 Å². The van der Waals surface area contributed by atoms with E-state index in [0.717, 1.165) is 35.7 Å². The van der Waals surface area contributed by atoms with Gasteiger partial charge in [-0.1, -0.05) is 39.0 Å². The Morgan fingerprint density at radius 2 is 2.04 bits per heavy atom. The summed E-state index contributed by atoms with van der Waals surface area (Å²) < 4.78 is 0. The number of benzene rings is 1. The summed E-state index contributed by atoms with van der Waals surface area (Å²) >= 11 is 0. The molecule has 0 bridgehead atoms. The molecule has 5 nitrogen and oxygen atoms in total. The van der Waals surface area contributed by atoms with Gasteiger partial charge in [-0.05, 0) is 30.7 Å². The zero-order valence-corrected chi connectivity index (χ0v) is 14.7. The number of anilines is 1. The van der Waals surface area contributed by atoms with Crippen LogP contribution in [0.15, 0.2) is 18.2 Å². The van der Waals surface area contributed by atoms with E-state index in [1.807, 2.05) is 19.1 Å². The van der Waals surface area contributed by atoms with Gasteiger partial charge in [0, 0.05) is 11.9 Å². The van der Waals surface area contributed by atoms with Crippen molar-refractivity contribution in [2.24, 2.45) is 5.92 Å². The summed E-state index contributed by atoms with van der Waals surface area (Å²) in [6.07, 6.45) is 2.88. The molecule has 1 amide bonds. The van der Waals surface area contributed by atoms with Crippen molar-refractivity contribution in [3.63, 3.8) is 0 Å². The lowest BCUT2D eigenvalue weighted by molar-refractivity contribution is 0.0949. The molecule has 0 unspecified atom stereocenters. The largest absolute Gasteiger partial charge is 0.396 e. The van der Waals surface area contributed by atoms with E-state index in [9.17, 15) is 4.79 Å². The van der Waals surface area contributed by atoms with E-state index in [4.69, 9.17) is 5.73 Å². The summed E-state index contributed by atoms with van der Waals surface area (Å²) in [7, 11) is 0. The number of nitrogens with one attached hydrogen (secondary N) is 1. The van der Waals surface area contributed by atoms with Crippen molar-refractivity contribution >= 4 is 34.9 Å². The second-order valence-electron chi connectivity index (χ2n) is 5.96. The third-order valence-corrected chi connectivity index (χ3v) is 3.66. The first kappa shape index (κ1) is 19.2. The first-order valence-electron chi connectivity index (χ1n) is 7.86. The third-order valence-electron chi connectivity index (χ3n) is 3.66. The molecule has 126 valence electrons. The lowest BCUT2D eigenvalue weighted by Crippen LogP contribution is -2.26. The smallest absolute Gasteiger partial charge is 0.273 e. The van der Waals surface area contributed by atoms with E-state index >= 15 is 0 Å². The number of carbonyl (C=O) groups is 1. The summed E-state index contributed by atoms with van der Waals surface area (Å²) in [6.45, 7) is 6.99. The van der Waals surface area contributed by atoms with Crippen LogP contribution in [0.4, 0.5) is 5.69 Å². The quantitative estimate of drug-likeness (QED) is 0.847. The van der Waals surface area contributed by atoms with Gasteiger partial charge in [0.15, 0.2) is 5.69 Å². The molecule has 0 atom stereocenters. The molecule has 2 rings (SSSR count). The maximum absolute atomic E-state index is 12.1. The number of nitrogens with two attached hydrogens (primary N) is 1. The van der Waals surface area contributed by atoms with Crippen molar-refractivity contribution in [2.45, 2.75) is 40.0 Å². The Morgan fingerprint density at radius 3 is 2.70 bits per heavy atom. The van der Waals surface area contributed by atoms with Gasteiger partial charge in [-0.3, -0.25) is 4.79 Å². The fourth-order valence-electron chi connectivity index (χ4n) is 2.34. The number of halogens is 1. The maximum atomic E-state index is 12.1. The van der Waals surface area contributed by atoms with Crippen molar-refractivity contribution in [2.75, 3.05) is 12.3 Å². The number of hydrogen-bond acceptors (Lipinski definition) is 4. The highest BCUT2D eigenvalue weighted by molar-refractivity contribution is 6.04. The highest BCUT2D eigenvalue weighted by Crippen LogP contribution is 2.25. The van der Waals surface area contributed by atoms with Crippen molar-refractivity contribution in [1.29, 1.82) is 0 Å². The van der Waals surface area contributed by atoms with Gasteiger partial charge in [-0.2, -0.15) is 0 Å². The van der Waals surface area contributed by atoms with Crippen LogP contribution in [0.2, 0.25) is 0 Å². The molecule has 23 heavy (non-hydrogen) atoms. The number of hydrogen-bond donors (Lipinski definition) is 2. The van der Waals surface area contributed by atoms with Gasteiger partial charge in [0.05, 0.1) is 11.2 Å². The third kappa shape index (κ3) is 4.55. The van der Waals surface area contributed by atoms with Crippen LogP contribution >= 0.6 is 12.4 Å². The number of nitrogens with zero attached hydrogens (tertiary/aromatic N) is 2. The number of aryl methyl sites for hydroxylation is 1. The molecular formula is C17H25ClN4O.